The zero-order valence-corrected chi connectivity index (χ0v) is 26.0. The van der Waals surface area contributed by atoms with Crippen LogP contribution in [0.4, 0.5) is 0 Å². The van der Waals surface area contributed by atoms with Crippen molar-refractivity contribution >= 4 is 26.7 Å². The average Bonchev–Trinajstić information content (AvgIpc) is 3.16. The Bertz CT molecular complexity index is 612. The second-order valence-corrected chi connectivity index (χ2v) is 30.7. The Morgan fingerprint density at radius 3 is 2.00 bits per heavy atom. The standard InChI is InChI=1S/C15H25O2Si.3C4H9.Sn/c1-14(2,3)18(4,5)17-15(10-11-15)9-8-13-7-6-12-16-13;3*1-3-4-2;/h6-7,10,12H,8-9,11H2,1-5H3;3*1,3-4H2,2H3;/t15-;;;;/m0..../s1. The van der Waals surface area contributed by atoms with Gasteiger partial charge in [0, 0.05) is 0 Å². The summed E-state index contributed by atoms with van der Waals surface area (Å²) in [6.07, 6.45) is 13.8. The Morgan fingerprint density at radius 1 is 1.03 bits per heavy atom. The van der Waals surface area contributed by atoms with Crippen LogP contribution in [0, 0.1) is 0 Å². The van der Waals surface area contributed by atoms with Crippen LogP contribution in [0.5, 0.6) is 0 Å². The van der Waals surface area contributed by atoms with Gasteiger partial charge >= 0.3 is 200 Å². The van der Waals surface area contributed by atoms with Gasteiger partial charge < -0.3 is 0 Å². The van der Waals surface area contributed by atoms with Crippen molar-refractivity contribution in [2.75, 3.05) is 0 Å². The van der Waals surface area contributed by atoms with E-state index in [9.17, 15) is 0 Å². The molecule has 31 heavy (non-hydrogen) atoms. The van der Waals surface area contributed by atoms with Crippen LogP contribution in [0.15, 0.2) is 22.8 Å². The van der Waals surface area contributed by atoms with Gasteiger partial charge in [-0.05, 0) is 0 Å². The van der Waals surface area contributed by atoms with E-state index < -0.39 is 26.7 Å². The molecule has 2 rings (SSSR count). The van der Waals surface area contributed by atoms with E-state index in [1.54, 1.807) is 13.3 Å². The molecule has 0 spiro atoms. The summed E-state index contributed by atoms with van der Waals surface area (Å²) in [6, 6.07) is 4.19. The quantitative estimate of drug-likeness (QED) is 0.201. The molecule has 1 saturated carbocycles. The van der Waals surface area contributed by atoms with E-state index in [2.05, 4.69) is 60.7 Å². The molecule has 2 atom stereocenters. The Kier molecular flexibility index (Phi) is 10.3. The fourth-order valence-electron chi connectivity index (χ4n) is 5.44. The third-order valence-corrected chi connectivity index (χ3v) is 30.9. The summed E-state index contributed by atoms with van der Waals surface area (Å²) >= 11 is -2.32. The monoisotopic (exact) mass is 556 g/mol. The van der Waals surface area contributed by atoms with Crippen LogP contribution in [-0.2, 0) is 10.8 Å². The van der Waals surface area contributed by atoms with Gasteiger partial charge in [-0.1, -0.05) is 0 Å². The molecule has 0 bridgehead atoms. The third-order valence-electron chi connectivity index (χ3n) is 8.49. The van der Waals surface area contributed by atoms with Gasteiger partial charge in [0.2, 0.25) is 0 Å². The molecule has 1 fully saturated rings. The van der Waals surface area contributed by atoms with E-state index in [1.807, 2.05) is 12.3 Å². The van der Waals surface area contributed by atoms with Crippen molar-refractivity contribution in [3.05, 3.63) is 24.2 Å². The molecule has 1 aromatic rings. The van der Waals surface area contributed by atoms with Crippen molar-refractivity contribution in [2.24, 2.45) is 0 Å². The van der Waals surface area contributed by atoms with Gasteiger partial charge in [-0.25, -0.2) is 0 Å². The van der Waals surface area contributed by atoms with Crippen LogP contribution >= 0.6 is 0 Å². The van der Waals surface area contributed by atoms with Crippen LogP contribution in [0.1, 0.15) is 98.7 Å². The molecule has 2 nitrogen and oxygen atoms in total. The summed E-state index contributed by atoms with van der Waals surface area (Å²) in [5.74, 6) is 1.14. The predicted molar refractivity (Wildman–Crippen MR) is 141 cm³/mol. The molecule has 0 amide bonds. The number of unbranched alkanes of at least 4 members (excludes halogenated alkanes) is 3. The molecule has 0 N–H and O–H groups in total. The number of rotatable bonds is 15. The first-order chi connectivity index (χ1) is 14.6. The van der Waals surface area contributed by atoms with Crippen LogP contribution in [0.3, 0.4) is 0 Å². The third kappa shape index (κ3) is 7.12. The van der Waals surface area contributed by atoms with Crippen LogP contribution in [0.25, 0.3) is 0 Å². The molecule has 0 unspecified atom stereocenters. The van der Waals surface area contributed by atoms with Crippen molar-refractivity contribution in [3.63, 3.8) is 0 Å². The molecule has 1 aliphatic rings. The van der Waals surface area contributed by atoms with E-state index in [4.69, 9.17) is 8.84 Å². The summed E-state index contributed by atoms with van der Waals surface area (Å²) in [5, 5.41) is 0.270. The number of aryl methyl sites for hydroxylation is 1. The molecule has 0 aliphatic heterocycles. The van der Waals surface area contributed by atoms with Crippen molar-refractivity contribution in [1.82, 2.24) is 0 Å². The summed E-state index contributed by atoms with van der Waals surface area (Å²) in [4.78, 5) is 0. The van der Waals surface area contributed by atoms with E-state index in [0.717, 1.165) is 16.1 Å². The molecular formula is C27H52O2SiSn. The maximum absolute atomic E-state index is 7.41. The fraction of sp³-hybridized carbons (Fsp3) is 0.852. The van der Waals surface area contributed by atoms with E-state index in [0.29, 0.717) is 0 Å². The van der Waals surface area contributed by atoms with Gasteiger partial charge in [0.25, 0.3) is 0 Å². The molecule has 180 valence electrons. The Labute approximate surface area is 199 Å². The van der Waals surface area contributed by atoms with E-state index >= 15 is 0 Å². The van der Waals surface area contributed by atoms with Crippen LogP contribution < -0.4 is 0 Å². The van der Waals surface area contributed by atoms with Gasteiger partial charge in [0.15, 0.2) is 0 Å². The topological polar surface area (TPSA) is 22.4 Å². The van der Waals surface area contributed by atoms with Crippen molar-refractivity contribution in [2.45, 2.75) is 140 Å². The molecule has 1 aromatic heterocycles. The minimum absolute atomic E-state index is 0.154. The molecule has 1 aliphatic carbocycles. The van der Waals surface area contributed by atoms with E-state index in [-0.39, 0.29) is 10.6 Å². The first-order valence-corrected chi connectivity index (χ1v) is 23.9. The van der Waals surface area contributed by atoms with Gasteiger partial charge in [0.05, 0.1) is 0 Å². The normalized spacial score (nSPS) is 22.1. The second-order valence-electron chi connectivity index (χ2n) is 11.9. The summed E-state index contributed by atoms with van der Waals surface area (Å²) < 4.78 is 18.9. The first-order valence-electron chi connectivity index (χ1n) is 13.3. The Morgan fingerprint density at radius 2 is 1.58 bits per heavy atom. The van der Waals surface area contributed by atoms with Crippen LogP contribution in [0.2, 0.25) is 35.4 Å². The fourth-order valence-corrected chi connectivity index (χ4v) is 27.6. The van der Waals surface area contributed by atoms with Gasteiger partial charge in [-0.2, -0.15) is 0 Å². The molecule has 0 saturated heterocycles. The zero-order valence-electron chi connectivity index (χ0n) is 22.1. The van der Waals surface area contributed by atoms with Gasteiger partial charge in [-0.15, -0.1) is 0 Å². The Hall–Kier alpha value is 0.256. The summed E-state index contributed by atoms with van der Waals surface area (Å²) in [6.45, 7) is 19.3. The average molecular weight is 556 g/mol. The molecular weight excluding hydrogens is 503 g/mol. The molecule has 0 aromatic carbocycles. The van der Waals surface area contributed by atoms with Crippen molar-refractivity contribution in [1.29, 1.82) is 0 Å². The number of hydrogen-bond acceptors (Lipinski definition) is 2. The molecule has 0 radical (unpaired) electrons. The van der Waals surface area contributed by atoms with Crippen LogP contribution in [-0.4, -0.2) is 32.3 Å². The van der Waals surface area contributed by atoms with Crippen molar-refractivity contribution in [3.8, 4) is 0 Å². The Balaban J connectivity index is 2.34. The van der Waals surface area contributed by atoms with Crippen molar-refractivity contribution < 1.29 is 8.84 Å². The molecule has 1 heterocycles. The predicted octanol–water partition coefficient (Wildman–Crippen LogP) is 9.60. The summed E-state index contributed by atoms with van der Waals surface area (Å²) in [5.41, 5.74) is 0.154. The zero-order chi connectivity index (χ0) is 23.2. The number of hydrogen-bond donors (Lipinski definition) is 0. The van der Waals surface area contributed by atoms with Gasteiger partial charge in [0.1, 0.15) is 0 Å². The first kappa shape index (κ1) is 27.5. The minimum atomic E-state index is -2.32. The number of furan rings is 1. The molecule has 4 heteroatoms. The SMILES string of the molecule is CCC[CH2][Sn]([CH2]CCC)([CH2]CCC)[C@H]1C[C@@]1(CCc1ccco1)O[Si](C)(C)C(C)(C)C. The maximum atomic E-state index is 7.41. The van der Waals surface area contributed by atoms with E-state index in [1.165, 1.54) is 51.4 Å². The summed E-state index contributed by atoms with van der Waals surface area (Å²) in [7, 11) is -1.81. The second kappa shape index (κ2) is 11.6. The van der Waals surface area contributed by atoms with Gasteiger partial charge in [-0.3, -0.25) is 0 Å².